The molecule has 0 fully saturated rings. The zero-order chi connectivity index (χ0) is 14.3. The highest BCUT2D eigenvalue weighted by molar-refractivity contribution is 5.92. The van der Waals surface area contributed by atoms with Crippen LogP contribution in [0.4, 0.5) is 16.2 Å². The van der Waals surface area contributed by atoms with Crippen LogP contribution < -0.4 is 21.7 Å². The number of benzene rings is 1. The third kappa shape index (κ3) is 6.30. The van der Waals surface area contributed by atoms with Crippen molar-refractivity contribution in [2.75, 3.05) is 24.1 Å². The zero-order valence-electron chi connectivity index (χ0n) is 11.2. The molecule has 1 aromatic carbocycles. The summed E-state index contributed by atoms with van der Waals surface area (Å²) in [4.78, 5) is 22.9. The summed E-state index contributed by atoms with van der Waals surface area (Å²) in [6.07, 6.45) is 0. The normalized spacial score (nSPS) is 10.1. The van der Waals surface area contributed by atoms with Gasteiger partial charge in [0, 0.05) is 17.9 Å². The average Bonchev–Trinajstić information content (AvgIpc) is 2.34. The number of hydrogen-bond donors (Lipinski definition) is 4. The average molecular weight is 264 g/mol. The van der Waals surface area contributed by atoms with Crippen molar-refractivity contribution in [3.8, 4) is 0 Å². The molecule has 0 saturated carbocycles. The number of rotatable bonds is 5. The first-order valence-corrected chi connectivity index (χ1v) is 6.14. The molecule has 1 rings (SSSR count). The van der Waals surface area contributed by atoms with Crippen molar-refractivity contribution < 1.29 is 9.59 Å². The second-order valence-corrected chi connectivity index (χ2v) is 4.63. The number of nitrogen functional groups attached to an aromatic ring is 1. The number of nitrogens with two attached hydrogens (primary N) is 1. The van der Waals surface area contributed by atoms with Gasteiger partial charge in [0.2, 0.25) is 5.91 Å². The highest BCUT2D eigenvalue weighted by atomic mass is 16.2. The fourth-order valence-electron chi connectivity index (χ4n) is 1.33. The van der Waals surface area contributed by atoms with Crippen molar-refractivity contribution in [3.05, 3.63) is 24.3 Å². The second kappa shape index (κ2) is 7.25. The summed E-state index contributed by atoms with van der Waals surface area (Å²) >= 11 is 0. The fraction of sp³-hybridized carbons (Fsp3) is 0.385. The number of nitrogens with one attached hydrogen (secondary N) is 3. The van der Waals surface area contributed by atoms with E-state index in [1.165, 1.54) is 0 Å². The van der Waals surface area contributed by atoms with E-state index in [9.17, 15) is 9.59 Å². The van der Waals surface area contributed by atoms with Crippen LogP contribution in [0, 0.1) is 5.92 Å². The van der Waals surface area contributed by atoms with Crippen LogP contribution >= 0.6 is 0 Å². The maximum Gasteiger partial charge on any atom is 0.319 e. The molecule has 5 N–H and O–H groups in total. The molecule has 0 bridgehead atoms. The van der Waals surface area contributed by atoms with Crippen LogP contribution in [-0.4, -0.2) is 25.0 Å². The van der Waals surface area contributed by atoms with E-state index in [1.54, 1.807) is 24.3 Å². The molecule has 0 unspecified atom stereocenters. The van der Waals surface area contributed by atoms with Crippen LogP contribution in [0.1, 0.15) is 13.8 Å². The molecule has 0 heterocycles. The summed E-state index contributed by atoms with van der Waals surface area (Å²) < 4.78 is 0. The Kier molecular flexibility index (Phi) is 5.66. The molecule has 0 aliphatic carbocycles. The largest absolute Gasteiger partial charge is 0.399 e. The van der Waals surface area contributed by atoms with E-state index in [1.807, 2.05) is 13.8 Å². The highest BCUT2D eigenvalue weighted by Gasteiger charge is 2.06. The molecule has 6 nitrogen and oxygen atoms in total. The van der Waals surface area contributed by atoms with E-state index < -0.39 is 6.03 Å². The van der Waals surface area contributed by atoms with E-state index in [-0.39, 0.29) is 12.5 Å². The minimum Gasteiger partial charge on any atom is -0.399 e. The molecular weight excluding hydrogens is 244 g/mol. The molecule has 0 atom stereocenters. The summed E-state index contributed by atoms with van der Waals surface area (Å²) in [5.41, 5.74) is 6.73. The first kappa shape index (κ1) is 14.8. The number of carbonyl (C=O) groups excluding carboxylic acids is 2. The number of hydrogen-bond acceptors (Lipinski definition) is 3. The lowest BCUT2D eigenvalue weighted by molar-refractivity contribution is -0.120. The number of urea groups is 1. The van der Waals surface area contributed by atoms with Crippen molar-refractivity contribution in [2.45, 2.75) is 13.8 Å². The van der Waals surface area contributed by atoms with Gasteiger partial charge in [-0.1, -0.05) is 19.9 Å². The lowest BCUT2D eigenvalue weighted by atomic mass is 10.2. The van der Waals surface area contributed by atoms with Crippen LogP contribution in [0.3, 0.4) is 0 Å². The Morgan fingerprint density at radius 3 is 2.63 bits per heavy atom. The Balaban J connectivity index is 2.30. The number of carbonyl (C=O) groups is 2. The van der Waals surface area contributed by atoms with Crippen LogP contribution in [0.5, 0.6) is 0 Å². The molecular formula is C13H20N4O2. The van der Waals surface area contributed by atoms with Gasteiger partial charge in [-0.15, -0.1) is 0 Å². The first-order valence-electron chi connectivity index (χ1n) is 6.14. The van der Waals surface area contributed by atoms with E-state index >= 15 is 0 Å². The zero-order valence-corrected chi connectivity index (χ0v) is 11.2. The SMILES string of the molecule is CC(C)CNC(=O)CNC(=O)Nc1cccc(N)c1. The van der Waals surface area contributed by atoms with Gasteiger partial charge < -0.3 is 21.7 Å². The van der Waals surface area contributed by atoms with Gasteiger partial charge in [-0.2, -0.15) is 0 Å². The van der Waals surface area contributed by atoms with E-state index in [4.69, 9.17) is 5.73 Å². The second-order valence-electron chi connectivity index (χ2n) is 4.63. The molecule has 1 aromatic rings. The Bertz CT molecular complexity index is 446. The van der Waals surface area contributed by atoms with Crippen LogP contribution in [0.2, 0.25) is 0 Å². The molecule has 0 aromatic heterocycles. The maximum absolute atomic E-state index is 11.5. The fourth-order valence-corrected chi connectivity index (χ4v) is 1.33. The molecule has 19 heavy (non-hydrogen) atoms. The minimum absolute atomic E-state index is 0.0547. The van der Waals surface area contributed by atoms with E-state index in [0.29, 0.717) is 23.8 Å². The summed E-state index contributed by atoms with van der Waals surface area (Å²) in [7, 11) is 0. The summed E-state index contributed by atoms with van der Waals surface area (Å²) in [5, 5.41) is 7.77. The Morgan fingerprint density at radius 1 is 1.26 bits per heavy atom. The van der Waals surface area contributed by atoms with Gasteiger partial charge in [-0.05, 0) is 24.1 Å². The Morgan fingerprint density at radius 2 is 2.00 bits per heavy atom. The topological polar surface area (TPSA) is 96.2 Å². The smallest absolute Gasteiger partial charge is 0.319 e. The predicted octanol–water partition coefficient (Wildman–Crippen LogP) is 1.16. The van der Waals surface area contributed by atoms with Gasteiger partial charge in [0.05, 0.1) is 6.54 Å². The van der Waals surface area contributed by atoms with Gasteiger partial charge in [-0.25, -0.2) is 4.79 Å². The van der Waals surface area contributed by atoms with Crippen LogP contribution in [0.15, 0.2) is 24.3 Å². The molecule has 3 amide bonds. The first-order chi connectivity index (χ1) is 8.97. The van der Waals surface area contributed by atoms with Crippen molar-refractivity contribution in [1.82, 2.24) is 10.6 Å². The maximum atomic E-state index is 11.5. The lowest BCUT2D eigenvalue weighted by Crippen LogP contribution is -2.39. The van der Waals surface area contributed by atoms with E-state index in [0.717, 1.165) is 0 Å². The molecule has 0 saturated heterocycles. The van der Waals surface area contributed by atoms with Crippen LogP contribution in [-0.2, 0) is 4.79 Å². The highest BCUT2D eigenvalue weighted by Crippen LogP contribution is 2.11. The number of amides is 3. The molecule has 104 valence electrons. The van der Waals surface area contributed by atoms with Gasteiger partial charge in [0.25, 0.3) is 0 Å². The van der Waals surface area contributed by atoms with Crippen molar-refractivity contribution in [1.29, 1.82) is 0 Å². The standard InChI is InChI=1S/C13H20N4O2/c1-9(2)7-15-12(18)8-16-13(19)17-11-5-3-4-10(14)6-11/h3-6,9H,7-8,14H2,1-2H3,(H,15,18)(H2,16,17,19). The predicted molar refractivity (Wildman–Crippen MR) is 75.7 cm³/mol. The Hall–Kier alpha value is -2.24. The lowest BCUT2D eigenvalue weighted by Gasteiger charge is -2.09. The van der Waals surface area contributed by atoms with E-state index in [2.05, 4.69) is 16.0 Å². The molecule has 6 heteroatoms. The van der Waals surface area contributed by atoms with Gasteiger partial charge in [-0.3, -0.25) is 4.79 Å². The monoisotopic (exact) mass is 264 g/mol. The summed E-state index contributed by atoms with van der Waals surface area (Å²) in [6.45, 7) is 4.54. The number of anilines is 2. The third-order valence-corrected chi connectivity index (χ3v) is 2.26. The van der Waals surface area contributed by atoms with Crippen molar-refractivity contribution in [3.63, 3.8) is 0 Å². The van der Waals surface area contributed by atoms with Gasteiger partial charge in [0.15, 0.2) is 0 Å². The summed E-state index contributed by atoms with van der Waals surface area (Å²) in [6, 6.07) is 6.38. The third-order valence-electron chi connectivity index (χ3n) is 2.26. The van der Waals surface area contributed by atoms with Crippen molar-refractivity contribution in [2.24, 2.45) is 5.92 Å². The van der Waals surface area contributed by atoms with Gasteiger partial charge >= 0.3 is 6.03 Å². The summed E-state index contributed by atoms with van der Waals surface area (Å²) in [5.74, 6) is 0.168. The molecule has 0 spiro atoms. The molecule has 0 radical (unpaired) electrons. The Labute approximate surface area is 112 Å². The minimum atomic E-state index is -0.440. The molecule has 0 aliphatic heterocycles. The van der Waals surface area contributed by atoms with Crippen LogP contribution in [0.25, 0.3) is 0 Å². The molecule has 0 aliphatic rings. The van der Waals surface area contributed by atoms with Gasteiger partial charge in [0.1, 0.15) is 0 Å². The van der Waals surface area contributed by atoms with Crippen molar-refractivity contribution >= 4 is 23.3 Å². The quantitative estimate of drug-likeness (QED) is 0.601.